The third-order valence-corrected chi connectivity index (χ3v) is 5.10. The maximum Gasteiger partial charge on any atom is 0.410 e. The quantitative estimate of drug-likeness (QED) is 0.795. The van der Waals surface area contributed by atoms with Crippen LogP contribution in [0.15, 0.2) is 16.9 Å². The van der Waals surface area contributed by atoms with Gasteiger partial charge in [0.15, 0.2) is 0 Å². The van der Waals surface area contributed by atoms with E-state index in [2.05, 4.69) is 5.32 Å². The molecule has 1 unspecified atom stereocenters. The Morgan fingerprint density at radius 3 is 2.33 bits per heavy atom. The van der Waals surface area contributed by atoms with Crippen LogP contribution in [0.5, 0.6) is 0 Å². The van der Waals surface area contributed by atoms with E-state index in [4.69, 9.17) is 9.47 Å². The predicted octanol–water partition coefficient (Wildman–Crippen LogP) is 3.23. The molecule has 0 spiro atoms. The number of amides is 2. The number of likely N-dealkylation sites (tertiary alicyclic amines) is 1. The van der Waals surface area contributed by atoms with E-state index >= 15 is 0 Å². The third-order valence-electron chi connectivity index (χ3n) is 5.10. The van der Waals surface area contributed by atoms with Crippen LogP contribution in [0, 0.1) is 5.92 Å². The summed E-state index contributed by atoms with van der Waals surface area (Å²) in [5, 5.41) is 2.70. The van der Waals surface area contributed by atoms with Gasteiger partial charge in [0.2, 0.25) is 0 Å². The SMILES string of the molecule is CC(C)(C)OC(=O)NCc1cc2n(c(=O)c1)CC1C[C@H]2CN(C(=O)OC(C)(C)C)C1. The summed E-state index contributed by atoms with van der Waals surface area (Å²) in [6.07, 6.45) is 0.103. The number of nitrogens with zero attached hydrogens (tertiary/aromatic N) is 2. The molecule has 2 bridgehead atoms. The number of alkyl carbamates (subject to hydrolysis) is 1. The fourth-order valence-corrected chi connectivity index (χ4v) is 4.08. The van der Waals surface area contributed by atoms with Crippen molar-refractivity contribution in [3.8, 4) is 0 Å². The molecule has 2 amide bonds. The molecule has 1 N–H and O–H groups in total. The first-order valence-corrected chi connectivity index (χ1v) is 10.5. The first-order chi connectivity index (χ1) is 13.8. The highest BCUT2D eigenvalue weighted by Crippen LogP contribution is 2.36. The van der Waals surface area contributed by atoms with Gasteiger partial charge in [-0.3, -0.25) is 4.79 Å². The second-order valence-electron chi connectivity index (χ2n) is 10.3. The number of nitrogens with one attached hydrogen (secondary N) is 1. The minimum Gasteiger partial charge on any atom is -0.444 e. The molecule has 8 heteroatoms. The van der Waals surface area contributed by atoms with Crippen molar-refractivity contribution in [1.82, 2.24) is 14.8 Å². The number of pyridine rings is 1. The zero-order valence-electron chi connectivity index (χ0n) is 18.8. The van der Waals surface area contributed by atoms with Gasteiger partial charge in [0, 0.05) is 43.9 Å². The Balaban J connectivity index is 1.74. The van der Waals surface area contributed by atoms with Gasteiger partial charge in [0.25, 0.3) is 5.56 Å². The highest BCUT2D eigenvalue weighted by atomic mass is 16.6. The van der Waals surface area contributed by atoms with E-state index in [0.29, 0.717) is 19.6 Å². The molecule has 0 radical (unpaired) electrons. The maximum absolute atomic E-state index is 12.7. The standard InChI is InChI=1S/C22H33N3O5/c1-21(2,3)29-19(27)23-10-14-8-17-16-7-15(12-25(17)18(26)9-14)11-24(13-16)20(28)30-22(4,5)6/h8-9,15-16H,7,10-13H2,1-6H3,(H,23,27)/t15?,16-/m0/s1. The molecule has 0 aromatic carbocycles. The van der Waals surface area contributed by atoms with Crippen molar-refractivity contribution in [2.45, 2.75) is 78.2 Å². The Labute approximate surface area is 177 Å². The maximum atomic E-state index is 12.7. The largest absolute Gasteiger partial charge is 0.444 e. The molecule has 1 aromatic rings. The monoisotopic (exact) mass is 419 g/mol. The fraction of sp³-hybridized carbons (Fsp3) is 0.682. The van der Waals surface area contributed by atoms with Crippen LogP contribution < -0.4 is 10.9 Å². The number of carbonyl (C=O) groups is 2. The number of hydrogen-bond acceptors (Lipinski definition) is 5. The lowest BCUT2D eigenvalue weighted by atomic mass is 9.83. The van der Waals surface area contributed by atoms with Gasteiger partial charge in [-0.15, -0.1) is 0 Å². The molecule has 8 nitrogen and oxygen atoms in total. The smallest absolute Gasteiger partial charge is 0.410 e. The van der Waals surface area contributed by atoms with Gasteiger partial charge in [-0.2, -0.15) is 0 Å². The molecule has 3 heterocycles. The van der Waals surface area contributed by atoms with Crippen LogP contribution in [0.1, 0.15) is 65.1 Å². The van der Waals surface area contributed by atoms with Crippen molar-refractivity contribution in [2.75, 3.05) is 13.1 Å². The summed E-state index contributed by atoms with van der Waals surface area (Å²) < 4.78 is 12.6. The molecular weight excluding hydrogens is 386 g/mol. The number of aromatic nitrogens is 1. The summed E-state index contributed by atoms with van der Waals surface area (Å²) in [7, 11) is 0. The molecule has 1 aromatic heterocycles. The second-order valence-corrected chi connectivity index (χ2v) is 10.3. The van der Waals surface area contributed by atoms with Crippen molar-refractivity contribution >= 4 is 12.2 Å². The third kappa shape index (κ3) is 5.55. The van der Waals surface area contributed by atoms with Gasteiger partial charge in [-0.1, -0.05) is 0 Å². The number of fused-ring (bicyclic) bond motifs is 4. The molecule has 2 aliphatic heterocycles. The van der Waals surface area contributed by atoms with Crippen LogP contribution in [0.2, 0.25) is 0 Å². The van der Waals surface area contributed by atoms with E-state index < -0.39 is 17.3 Å². The van der Waals surface area contributed by atoms with Crippen LogP contribution in [-0.4, -0.2) is 45.9 Å². The van der Waals surface area contributed by atoms with E-state index in [1.165, 1.54) is 0 Å². The van der Waals surface area contributed by atoms with Crippen LogP contribution in [-0.2, 0) is 22.6 Å². The zero-order valence-corrected chi connectivity index (χ0v) is 18.8. The Kier molecular flexibility index (Phi) is 5.89. The number of ether oxygens (including phenoxy) is 2. The summed E-state index contributed by atoms with van der Waals surface area (Å²) in [4.78, 5) is 39.0. The molecule has 30 heavy (non-hydrogen) atoms. The topological polar surface area (TPSA) is 89.9 Å². The number of piperidine rings is 1. The molecule has 0 saturated carbocycles. The minimum absolute atomic E-state index is 0.0687. The van der Waals surface area contributed by atoms with Gasteiger partial charge in [0.05, 0.1) is 0 Å². The summed E-state index contributed by atoms with van der Waals surface area (Å²) in [6.45, 7) is 12.9. The zero-order chi connectivity index (χ0) is 22.3. The fourth-order valence-electron chi connectivity index (χ4n) is 4.08. The van der Waals surface area contributed by atoms with E-state index in [-0.39, 0.29) is 30.0 Å². The molecule has 1 fully saturated rings. The second kappa shape index (κ2) is 7.96. The summed E-state index contributed by atoms with van der Waals surface area (Å²) in [6, 6.07) is 3.52. The van der Waals surface area contributed by atoms with Gasteiger partial charge in [-0.25, -0.2) is 9.59 Å². The van der Waals surface area contributed by atoms with E-state index in [1.54, 1.807) is 31.7 Å². The van der Waals surface area contributed by atoms with E-state index in [1.807, 2.05) is 31.4 Å². The van der Waals surface area contributed by atoms with Crippen molar-refractivity contribution in [2.24, 2.45) is 5.92 Å². The Morgan fingerprint density at radius 1 is 1.03 bits per heavy atom. The van der Waals surface area contributed by atoms with Crippen molar-refractivity contribution in [1.29, 1.82) is 0 Å². The minimum atomic E-state index is -0.582. The van der Waals surface area contributed by atoms with E-state index in [9.17, 15) is 14.4 Å². The van der Waals surface area contributed by atoms with Crippen LogP contribution in [0.4, 0.5) is 9.59 Å². The highest BCUT2D eigenvalue weighted by molar-refractivity contribution is 5.68. The van der Waals surface area contributed by atoms with Crippen molar-refractivity contribution < 1.29 is 19.1 Å². The normalized spacial score (nSPS) is 20.9. The molecule has 166 valence electrons. The molecule has 1 saturated heterocycles. The lowest BCUT2D eigenvalue weighted by Gasteiger charge is -2.43. The molecule has 2 aliphatic rings. The lowest BCUT2D eigenvalue weighted by molar-refractivity contribution is 0.0101. The summed E-state index contributed by atoms with van der Waals surface area (Å²) >= 11 is 0. The number of hydrogen-bond donors (Lipinski definition) is 1. The first kappa shape index (κ1) is 22.2. The molecule has 3 rings (SSSR count). The Bertz CT molecular complexity index is 878. The van der Waals surface area contributed by atoms with Gasteiger partial charge in [-0.05, 0) is 65.5 Å². The van der Waals surface area contributed by atoms with Gasteiger partial charge in [0.1, 0.15) is 11.2 Å². The Hall–Kier alpha value is -2.51. The average molecular weight is 420 g/mol. The van der Waals surface area contributed by atoms with Gasteiger partial charge >= 0.3 is 12.2 Å². The summed E-state index contributed by atoms with van der Waals surface area (Å²) in [5.41, 5.74) is 0.438. The van der Waals surface area contributed by atoms with Crippen LogP contribution >= 0.6 is 0 Å². The molecule has 2 atom stereocenters. The molecule has 0 aliphatic carbocycles. The van der Waals surface area contributed by atoms with Crippen molar-refractivity contribution in [3.63, 3.8) is 0 Å². The lowest BCUT2D eigenvalue weighted by Crippen LogP contribution is -2.50. The number of rotatable bonds is 2. The van der Waals surface area contributed by atoms with Crippen molar-refractivity contribution in [3.05, 3.63) is 33.7 Å². The highest BCUT2D eigenvalue weighted by Gasteiger charge is 2.38. The van der Waals surface area contributed by atoms with Gasteiger partial charge < -0.3 is 24.3 Å². The number of carbonyl (C=O) groups excluding carboxylic acids is 2. The van der Waals surface area contributed by atoms with Crippen LogP contribution in [0.25, 0.3) is 0 Å². The summed E-state index contributed by atoms with van der Waals surface area (Å²) in [5.74, 6) is 0.298. The molecular formula is C22H33N3O5. The Morgan fingerprint density at radius 2 is 1.70 bits per heavy atom. The van der Waals surface area contributed by atoms with Crippen LogP contribution in [0.3, 0.4) is 0 Å². The average Bonchev–Trinajstić information content (AvgIpc) is 2.58. The van der Waals surface area contributed by atoms with E-state index in [0.717, 1.165) is 17.7 Å². The predicted molar refractivity (Wildman–Crippen MR) is 112 cm³/mol. The first-order valence-electron chi connectivity index (χ1n) is 10.5.